The number of benzene rings is 1. The predicted octanol–water partition coefficient (Wildman–Crippen LogP) is 4.16. The summed E-state index contributed by atoms with van der Waals surface area (Å²) in [7, 11) is 0. The fourth-order valence-corrected chi connectivity index (χ4v) is 4.57. The molecule has 0 aromatic heterocycles. The van der Waals surface area contributed by atoms with Gasteiger partial charge in [0.2, 0.25) is 0 Å². The Morgan fingerprint density at radius 3 is 2.91 bits per heavy atom. The Morgan fingerprint density at radius 2 is 2.18 bits per heavy atom. The number of fused-ring (bicyclic) bond motifs is 1. The second-order valence-electron chi connectivity index (χ2n) is 7.07. The first-order valence-corrected chi connectivity index (χ1v) is 8.70. The molecule has 3 rings (SSSR count). The van der Waals surface area contributed by atoms with E-state index in [4.69, 9.17) is 11.6 Å². The lowest BCUT2D eigenvalue weighted by Crippen LogP contribution is -2.44. The molecule has 0 bridgehead atoms. The monoisotopic (exact) mass is 325 g/mol. The smallest absolute Gasteiger partial charge is 0.132 e. The lowest BCUT2D eigenvalue weighted by atomic mass is 9.69. The van der Waals surface area contributed by atoms with Crippen molar-refractivity contribution in [3.8, 4) is 0 Å². The van der Waals surface area contributed by atoms with Crippen molar-refractivity contribution in [3.05, 3.63) is 34.1 Å². The summed E-state index contributed by atoms with van der Waals surface area (Å²) in [5.74, 6) is 0.663. The van der Waals surface area contributed by atoms with Crippen LogP contribution in [0.5, 0.6) is 0 Å². The highest BCUT2D eigenvalue weighted by Crippen LogP contribution is 2.44. The molecule has 0 unspecified atom stereocenters. The van der Waals surface area contributed by atoms with Gasteiger partial charge in [0.05, 0.1) is 5.60 Å². The van der Waals surface area contributed by atoms with Gasteiger partial charge in [-0.15, -0.1) is 0 Å². The summed E-state index contributed by atoms with van der Waals surface area (Å²) >= 11 is 6.20. The Bertz CT molecular complexity index is 564. The predicted molar refractivity (Wildman–Crippen MR) is 87.5 cm³/mol. The number of likely N-dealkylation sites (tertiary alicyclic amines) is 1. The minimum Gasteiger partial charge on any atom is -0.390 e. The van der Waals surface area contributed by atoms with Crippen molar-refractivity contribution in [2.45, 2.75) is 51.7 Å². The van der Waals surface area contributed by atoms with Gasteiger partial charge in [-0.2, -0.15) is 0 Å². The van der Waals surface area contributed by atoms with Crippen LogP contribution in [0.3, 0.4) is 0 Å². The maximum absolute atomic E-state index is 14.3. The molecule has 1 saturated carbocycles. The maximum atomic E-state index is 14.3. The molecule has 0 amide bonds. The summed E-state index contributed by atoms with van der Waals surface area (Å²) in [6.45, 7) is 6.17. The van der Waals surface area contributed by atoms with Crippen molar-refractivity contribution in [2.24, 2.45) is 11.8 Å². The summed E-state index contributed by atoms with van der Waals surface area (Å²) in [6, 6.07) is 3.50. The molecule has 1 aliphatic carbocycles. The number of aliphatic hydroxyl groups is 1. The highest BCUT2D eigenvalue weighted by atomic mass is 35.5. The van der Waals surface area contributed by atoms with E-state index in [2.05, 4.69) is 11.8 Å². The average molecular weight is 326 g/mol. The van der Waals surface area contributed by atoms with Gasteiger partial charge in [0.1, 0.15) is 5.82 Å². The molecule has 122 valence electrons. The van der Waals surface area contributed by atoms with Gasteiger partial charge in [-0.1, -0.05) is 31.0 Å². The Labute approximate surface area is 137 Å². The third-order valence-electron chi connectivity index (χ3n) is 5.76. The summed E-state index contributed by atoms with van der Waals surface area (Å²) in [4.78, 5) is 2.27. The van der Waals surface area contributed by atoms with Crippen LogP contribution in [0.25, 0.3) is 0 Å². The molecule has 1 aromatic rings. The number of aryl methyl sites for hydroxylation is 1. The first-order valence-electron chi connectivity index (χ1n) is 8.33. The van der Waals surface area contributed by atoms with E-state index in [9.17, 15) is 9.50 Å². The Hall–Kier alpha value is -0.640. The van der Waals surface area contributed by atoms with E-state index < -0.39 is 5.60 Å². The number of hydrogen-bond acceptors (Lipinski definition) is 2. The molecule has 2 nitrogen and oxygen atoms in total. The molecule has 1 N–H and O–H groups in total. The Balaban J connectivity index is 1.78. The highest BCUT2D eigenvalue weighted by molar-refractivity contribution is 6.31. The molecule has 0 spiro atoms. The van der Waals surface area contributed by atoms with Gasteiger partial charge in [0.15, 0.2) is 0 Å². The molecule has 3 atom stereocenters. The van der Waals surface area contributed by atoms with Gasteiger partial charge in [-0.25, -0.2) is 4.39 Å². The molecule has 1 heterocycles. The van der Waals surface area contributed by atoms with Crippen LogP contribution in [0, 0.1) is 24.6 Å². The second-order valence-corrected chi connectivity index (χ2v) is 7.47. The van der Waals surface area contributed by atoms with Gasteiger partial charge < -0.3 is 5.11 Å². The molecule has 2 fully saturated rings. The van der Waals surface area contributed by atoms with Gasteiger partial charge in [-0.3, -0.25) is 4.90 Å². The van der Waals surface area contributed by atoms with Gasteiger partial charge in [0, 0.05) is 36.1 Å². The van der Waals surface area contributed by atoms with Crippen molar-refractivity contribution in [1.82, 2.24) is 4.90 Å². The normalized spacial score (nSPS) is 32.2. The van der Waals surface area contributed by atoms with Gasteiger partial charge >= 0.3 is 0 Å². The largest absolute Gasteiger partial charge is 0.390 e. The van der Waals surface area contributed by atoms with E-state index in [1.165, 1.54) is 6.42 Å². The van der Waals surface area contributed by atoms with E-state index in [0.717, 1.165) is 32.4 Å². The minimum absolute atomic E-state index is 0.187. The summed E-state index contributed by atoms with van der Waals surface area (Å²) in [5, 5.41) is 11.4. The van der Waals surface area contributed by atoms with E-state index >= 15 is 0 Å². The standard InChI is InChI=1S/C18H25ClFNO/c1-3-18(22)8-4-5-13-9-21(11-15(13)18)10-14-16(19)7-6-12(2)17(14)20/h6-7,13,15,22H,3-5,8-11H2,1-2H3/t13-,15+,18-/m1/s1. The van der Waals surface area contributed by atoms with Crippen molar-refractivity contribution in [1.29, 1.82) is 0 Å². The first kappa shape index (κ1) is 16.2. The molecule has 22 heavy (non-hydrogen) atoms. The second kappa shape index (κ2) is 6.10. The lowest BCUT2D eigenvalue weighted by molar-refractivity contribution is -0.0613. The van der Waals surface area contributed by atoms with Crippen LogP contribution in [0.4, 0.5) is 4.39 Å². The molecular formula is C18H25ClFNO. The fraction of sp³-hybridized carbons (Fsp3) is 0.667. The topological polar surface area (TPSA) is 23.5 Å². The van der Waals surface area contributed by atoms with E-state index in [1.54, 1.807) is 19.1 Å². The van der Waals surface area contributed by atoms with E-state index in [0.29, 0.717) is 34.5 Å². The zero-order chi connectivity index (χ0) is 15.9. The van der Waals surface area contributed by atoms with Gasteiger partial charge in [0.25, 0.3) is 0 Å². The van der Waals surface area contributed by atoms with Crippen molar-refractivity contribution in [3.63, 3.8) is 0 Å². The summed E-state index contributed by atoms with van der Waals surface area (Å²) in [5.41, 5.74) is 0.702. The third-order valence-corrected chi connectivity index (χ3v) is 6.12. The van der Waals surface area contributed by atoms with E-state index in [-0.39, 0.29) is 5.82 Å². The summed E-state index contributed by atoms with van der Waals surface area (Å²) < 4.78 is 14.3. The zero-order valence-electron chi connectivity index (χ0n) is 13.4. The molecular weight excluding hydrogens is 301 g/mol. The zero-order valence-corrected chi connectivity index (χ0v) is 14.2. The fourth-order valence-electron chi connectivity index (χ4n) is 4.37. The van der Waals surface area contributed by atoms with Crippen molar-refractivity contribution in [2.75, 3.05) is 13.1 Å². The first-order chi connectivity index (χ1) is 10.4. The average Bonchev–Trinajstić information content (AvgIpc) is 2.92. The Morgan fingerprint density at radius 1 is 1.41 bits per heavy atom. The van der Waals surface area contributed by atoms with Crippen molar-refractivity contribution >= 4 is 11.6 Å². The molecule has 1 aliphatic heterocycles. The number of nitrogens with zero attached hydrogens (tertiary/aromatic N) is 1. The van der Waals surface area contributed by atoms with Crippen LogP contribution < -0.4 is 0 Å². The van der Waals surface area contributed by atoms with Crippen LogP contribution >= 0.6 is 11.6 Å². The highest BCUT2D eigenvalue weighted by Gasteiger charge is 2.47. The van der Waals surface area contributed by atoms with Crippen LogP contribution in [-0.4, -0.2) is 28.7 Å². The quantitative estimate of drug-likeness (QED) is 0.902. The minimum atomic E-state index is -0.535. The van der Waals surface area contributed by atoms with Crippen LogP contribution in [0.15, 0.2) is 12.1 Å². The number of rotatable bonds is 3. The Kier molecular flexibility index (Phi) is 4.50. The van der Waals surface area contributed by atoms with Crippen LogP contribution in [-0.2, 0) is 6.54 Å². The molecule has 0 radical (unpaired) electrons. The molecule has 4 heteroatoms. The van der Waals surface area contributed by atoms with Crippen LogP contribution in [0.2, 0.25) is 5.02 Å². The van der Waals surface area contributed by atoms with Crippen LogP contribution in [0.1, 0.15) is 43.7 Å². The molecule has 1 aromatic carbocycles. The summed E-state index contributed by atoms with van der Waals surface area (Å²) in [6.07, 6.45) is 3.98. The van der Waals surface area contributed by atoms with Gasteiger partial charge in [-0.05, 0) is 43.7 Å². The number of hydrogen-bond donors (Lipinski definition) is 1. The molecule has 1 saturated heterocycles. The third kappa shape index (κ3) is 2.79. The lowest BCUT2D eigenvalue weighted by Gasteiger charge is -2.40. The van der Waals surface area contributed by atoms with Crippen molar-refractivity contribution < 1.29 is 9.50 Å². The maximum Gasteiger partial charge on any atom is 0.132 e. The van der Waals surface area contributed by atoms with E-state index in [1.807, 2.05) is 0 Å². The molecule has 2 aliphatic rings. The SMILES string of the molecule is CC[C@@]1(O)CCC[C@@H]2CN(Cc3c(Cl)ccc(C)c3F)C[C@@H]21. The number of halogens is 2.